The normalized spacial score (nSPS) is 10.8. The Morgan fingerprint density at radius 3 is 2.92 bits per heavy atom. The van der Waals surface area contributed by atoms with Gasteiger partial charge in [0.25, 0.3) is 5.91 Å². The summed E-state index contributed by atoms with van der Waals surface area (Å²) in [7, 11) is 0. The van der Waals surface area contributed by atoms with Gasteiger partial charge in [0.15, 0.2) is 5.82 Å². The molecule has 2 heterocycles. The number of hydrogen-bond acceptors (Lipinski definition) is 5. The maximum Gasteiger partial charge on any atom is 0.336 e. The maximum atomic E-state index is 12.7. The highest BCUT2D eigenvalue weighted by Gasteiger charge is 2.20. The summed E-state index contributed by atoms with van der Waals surface area (Å²) in [6.45, 7) is 2.59. The number of carbonyl (C=O) groups excluding carboxylic acids is 1. The maximum absolute atomic E-state index is 12.7. The van der Waals surface area contributed by atoms with Crippen LogP contribution in [0.2, 0.25) is 5.02 Å². The van der Waals surface area contributed by atoms with E-state index < -0.39 is 0 Å². The van der Waals surface area contributed by atoms with Gasteiger partial charge in [0.2, 0.25) is 0 Å². The smallest absolute Gasteiger partial charge is 0.336 e. The van der Waals surface area contributed by atoms with Crippen LogP contribution in [0.1, 0.15) is 29.4 Å². The van der Waals surface area contributed by atoms with Gasteiger partial charge in [0.05, 0.1) is 11.5 Å². The summed E-state index contributed by atoms with van der Waals surface area (Å²) in [5, 5.41) is 6.66. The van der Waals surface area contributed by atoms with Crippen molar-refractivity contribution in [1.29, 1.82) is 0 Å². The largest absolute Gasteiger partial charge is 0.462 e. The van der Waals surface area contributed by atoms with Crippen LogP contribution in [0, 0.1) is 0 Å². The van der Waals surface area contributed by atoms with Crippen molar-refractivity contribution in [1.82, 2.24) is 14.8 Å². The van der Waals surface area contributed by atoms with Gasteiger partial charge in [-0.3, -0.25) is 4.79 Å². The summed E-state index contributed by atoms with van der Waals surface area (Å²) in [4.78, 5) is 17.7. The molecule has 3 aromatic rings. The Balaban J connectivity index is 2.00. The molecule has 0 fully saturated rings. The molecule has 7 heteroatoms. The van der Waals surface area contributed by atoms with Gasteiger partial charge < -0.3 is 4.74 Å². The molecule has 0 amide bonds. The third-order valence-corrected chi connectivity index (χ3v) is 4.42. The van der Waals surface area contributed by atoms with E-state index in [0.29, 0.717) is 27.9 Å². The quantitative estimate of drug-likeness (QED) is 0.605. The minimum absolute atomic E-state index is 0.198. The van der Waals surface area contributed by atoms with Crippen LogP contribution in [0.3, 0.4) is 0 Å². The van der Waals surface area contributed by atoms with Crippen LogP contribution in [-0.2, 0) is 0 Å². The average molecular weight is 362 g/mol. The van der Waals surface area contributed by atoms with Gasteiger partial charge in [-0.25, -0.2) is 0 Å². The number of benzene rings is 1. The summed E-state index contributed by atoms with van der Waals surface area (Å²) >= 11 is 7.42. The number of carbonyl (C=O) groups is 1. The Morgan fingerprint density at radius 1 is 1.33 bits per heavy atom. The van der Waals surface area contributed by atoms with Crippen LogP contribution >= 0.6 is 22.9 Å². The first-order valence-electron chi connectivity index (χ1n) is 7.63. The fourth-order valence-electron chi connectivity index (χ4n) is 2.12. The van der Waals surface area contributed by atoms with Crippen LogP contribution < -0.4 is 4.74 Å². The third kappa shape index (κ3) is 3.66. The van der Waals surface area contributed by atoms with Crippen molar-refractivity contribution in [2.24, 2.45) is 0 Å². The molecule has 0 N–H and O–H groups in total. The van der Waals surface area contributed by atoms with Crippen LogP contribution in [0.15, 0.2) is 41.8 Å². The zero-order valence-corrected chi connectivity index (χ0v) is 14.7. The second kappa shape index (κ2) is 7.59. The Bertz CT molecular complexity index is 830. The van der Waals surface area contributed by atoms with Gasteiger partial charge in [-0.15, -0.1) is 16.4 Å². The lowest BCUT2D eigenvalue weighted by molar-refractivity contribution is 0.0948. The Morgan fingerprint density at radius 2 is 2.21 bits per heavy atom. The zero-order valence-electron chi connectivity index (χ0n) is 13.1. The molecule has 0 radical (unpaired) electrons. The van der Waals surface area contributed by atoms with E-state index in [0.717, 1.165) is 12.8 Å². The summed E-state index contributed by atoms with van der Waals surface area (Å²) in [5.41, 5.74) is 0.713. The number of nitrogens with zero attached hydrogens (tertiary/aromatic N) is 3. The fourth-order valence-corrected chi connectivity index (χ4v) is 2.96. The first-order chi connectivity index (χ1) is 11.7. The van der Waals surface area contributed by atoms with Gasteiger partial charge in [-0.05, 0) is 30.0 Å². The molecule has 0 saturated carbocycles. The first kappa shape index (κ1) is 16.7. The molecule has 0 aliphatic heterocycles. The molecule has 0 saturated heterocycles. The van der Waals surface area contributed by atoms with Crippen molar-refractivity contribution in [2.75, 3.05) is 6.61 Å². The lowest BCUT2D eigenvalue weighted by Gasteiger charge is -2.03. The van der Waals surface area contributed by atoms with E-state index >= 15 is 0 Å². The molecule has 0 spiro atoms. The number of thiophene rings is 1. The second-order valence-electron chi connectivity index (χ2n) is 5.12. The molecule has 0 aliphatic rings. The molecular formula is C17H16ClN3O2S. The molecule has 0 bridgehead atoms. The lowest BCUT2D eigenvalue weighted by Crippen LogP contribution is -2.14. The van der Waals surface area contributed by atoms with E-state index in [4.69, 9.17) is 16.3 Å². The molecule has 1 aromatic carbocycles. The zero-order chi connectivity index (χ0) is 16.9. The minimum Gasteiger partial charge on any atom is -0.462 e. The van der Waals surface area contributed by atoms with Crippen molar-refractivity contribution in [2.45, 2.75) is 19.8 Å². The summed E-state index contributed by atoms with van der Waals surface area (Å²) < 4.78 is 6.84. The van der Waals surface area contributed by atoms with Crippen molar-refractivity contribution >= 4 is 28.8 Å². The van der Waals surface area contributed by atoms with Crippen LogP contribution in [0.25, 0.3) is 11.4 Å². The standard InChI is InChI=1S/C17H16ClN3O2S/c1-2-3-9-23-17-19-15(12-6-4-7-13(18)11-12)21(20-17)16(22)14-8-5-10-24-14/h4-8,10-11H,2-3,9H2,1H3. The topological polar surface area (TPSA) is 57.0 Å². The summed E-state index contributed by atoms with van der Waals surface area (Å²) in [5.74, 6) is 0.181. The highest BCUT2D eigenvalue weighted by atomic mass is 35.5. The Labute approximate surface area is 148 Å². The van der Waals surface area contributed by atoms with Gasteiger partial charge in [-0.1, -0.05) is 43.1 Å². The Hall–Kier alpha value is -2.18. The van der Waals surface area contributed by atoms with Crippen molar-refractivity contribution < 1.29 is 9.53 Å². The van der Waals surface area contributed by atoms with Gasteiger partial charge in [0, 0.05) is 10.6 Å². The molecule has 0 aliphatic carbocycles. The molecule has 0 atom stereocenters. The SMILES string of the molecule is CCCCOc1nc(-c2cccc(Cl)c2)n(C(=O)c2cccs2)n1. The van der Waals surface area contributed by atoms with E-state index in [1.165, 1.54) is 16.0 Å². The fraction of sp³-hybridized carbons (Fsp3) is 0.235. The predicted octanol–water partition coefficient (Wildman–Crippen LogP) is 4.53. The van der Waals surface area contributed by atoms with E-state index in [1.54, 1.807) is 18.2 Å². The number of rotatable bonds is 6. The number of aromatic nitrogens is 3. The van der Waals surface area contributed by atoms with E-state index in [9.17, 15) is 4.79 Å². The van der Waals surface area contributed by atoms with Gasteiger partial charge >= 0.3 is 6.01 Å². The molecule has 3 rings (SSSR count). The van der Waals surface area contributed by atoms with E-state index in [2.05, 4.69) is 17.0 Å². The Kier molecular flexibility index (Phi) is 5.27. The highest BCUT2D eigenvalue weighted by molar-refractivity contribution is 7.12. The molecule has 5 nitrogen and oxygen atoms in total. The molecule has 24 heavy (non-hydrogen) atoms. The second-order valence-corrected chi connectivity index (χ2v) is 6.51. The molecule has 2 aromatic heterocycles. The number of hydrogen-bond donors (Lipinski definition) is 0. The van der Waals surface area contributed by atoms with Crippen molar-refractivity contribution in [3.8, 4) is 17.4 Å². The predicted molar refractivity (Wildman–Crippen MR) is 94.9 cm³/mol. The third-order valence-electron chi connectivity index (χ3n) is 3.32. The number of halogens is 1. The average Bonchev–Trinajstić information content (AvgIpc) is 3.24. The lowest BCUT2D eigenvalue weighted by atomic mass is 10.2. The summed E-state index contributed by atoms with van der Waals surface area (Å²) in [6.07, 6.45) is 1.91. The van der Waals surface area contributed by atoms with E-state index in [-0.39, 0.29) is 11.9 Å². The number of ether oxygens (including phenoxy) is 1. The van der Waals surface area contributed by atoms with Gasteiger partial charge in [-0.2, -0.15) is 9.67 Å². The molecule has 124 valence electrons. The monoisotopic (exact) mass is 361 g/mol. The minimum atomic E-state index is -0.238. The molecular weight excluding hydrogens is 346 g/mol. The van der Waals surface area contributed by atoms with Crippen LogP contribution in [-0.4, -0.2) is 27.3 Å². The van der Waals surface area contributed by atoms with Gasteiger partial charge in [0.1, 0.15) is 0 Å². The molecule has 0 unspecified atom stereocenters. The highest BCUT2D eigenvalue weighted by Crippen LogP contribution is 2.24. The van der Waals surface area contributed by atoms with E-state index in [1.807, 2.05) is 23.6 Å². The van der Waals surface area contributed by atoms with Crippen molar-refractivity contribution in [3.63, 3.8) is 0 Å². The summed E-state index contributed by atoms with van der Waals surface area (Å²) in [6, 6.07) is 10.9. The van der Waals surface area contributed by atoms with Crippen LogP contribution in [0.4, 0.5) is 0 Å². The number of unbranched alkanes of at least 4 members (excludes halogenated alkanes) is 1. The van der Waals surface area contributed by atoms with Crippen LogP contribution in [0.5, 0.6) is 6.01 Å². The van der Waals surface area contributed by atoms with Crippen molar-refractivity contribution in [3.05, 3.63) is 51.7 Å². The first-order valence-corrected chi connectivity index (χ1v) is 8.89.